The fourth-order valence-corrected chi connectivity index (χ4v) is 2.02. The van der Waals surface area contributed by atoms with Crippen LogP contribution in [0, 0.1) is 0 Å². The molecule has 4 heteroatoms. The Morgan fingerprint density at radius 2 is 1.94 bits per heavy atom. The smallest absolute Gasteiger partial charge is 0.126 e. The van der Waals surface area contributed by atoms with E-state index in [9.17, 15) is 5.11 Å². The molecule has 0 heterocycles. The lowest BCUT2D eigenvalue weighted by molar-refractivity contribution is 0.124. The number of nitrogens with zero attached hydrogens (tertiary/aromatic N) is 1. The molecule has 0 bridgehead atoms. The van der Waals surface area contributed by atoms with Crippen molar-refractivity contribution in [1.29, 1.82) is 0 Å². The van der Waals surface area contributed by atoms with Crippen LogP contribution in [0.25, 0.3) is 0 Å². The van der Waals surface area contributed by atoms with Crippen LogP contribution in [0.15, 0.2) is 18.2 Å². The van der Waals surface area contributed by atoms with Gasteiger partial charge in [-0.25, -0.2) is 0 Å². The van der Waals surface area contributed by atoms with Crippen LogP contribution in [0.5, 0.6) is 5.75 Å². The summed E-state index contributed by atoms with van der Waals surface area (Å²) in [6.45, 7) is 4.51. The molecule has 0 saturated heterocycles. The highest BCUT2D eigenvalue weighted by molar-refractivity contribution is 5.60. The summed E-state index contributed by atoms with van der Waals surface area (Å²) < 4.78 is 10.6. The van der Waals surface area contributed by atoms with E-state index in [4.69, 9.17) is 9.47 Å². The van der Waals surface area contributed by atoms with E-state index >= 15 is 0 Å². The zero-order valence-corrected chi connectivity index (χ0v) is 11.8. The van der Waals surface area contributed by atoms with E-state index in [0.717, 1.165) is 17.8 Å². The van der Waals surface area contributed by atoms with E-state index in [1.54, 1.807) is 21.1 Å². The third kappa shape index (κ3) is 3.37. The van der Waals surface area contributed by atoms with E-state index in [1.165, 1.54) is 0 Å². The molecular weight excluding hydrogens is 230 g/mol. The normalized spacial score (nSPS) is 14.1. The van der Waals surface area contributed by atoms with Crippen LogP contribution in [-0.2, 0) is 4.74 Å². The lowest BCUT2D eigenvalue weighted by atomic mass is 10.1. The molecule has 0 aliphatic carbocycles. The second-order valence-corrected chi connectivity index (χ2v) is 4.50. The van der Waals surface area contributed by atoms with Gasteiger partial charge in [0, 0.05) is 32.0 Å². The fourth-order valence-electron chi connectivity index (χ4n) is 2.02. The molecule has 0 aliphatic rings. The van der Waals surface area contributed by atoms with Gasteiger partial charge in [0.2, 0.25) is 0 Å². The quantitative estimate of drug-likeness (QED) is 0.844. The molecule has 0 fully saturated rings. The Balaban J connectivity index is 3.07. The number of hydrogen-bond donors (Lipinski definition) is 1. The molecule has 2 atom stereocenters. The maximum Gasteiger partial charge on any atom is 0.126 e. The van der Waals surface area contributed by atoms with Crippen molar-refractivity contribution in [1.82, 2.24) is 0 Å². The number of benzene rings is 1. The monoisotopic (exact) mass is 253 g/mol. The third-order valence-corrected chi connectivity index (χ3v) is 3.03. The molecular formula is C14H23NO3. The largest absolute Gasteiger partial charge is 0.496 e. The number of methoxy groups -OCH3 is 2. The van der Waals surface area contributed by atoms with E-state index in [-0.39, 0.29) is 6.10 Å². The minimum atomic E-state index is -0.573. The predicted octanol–water partition coefficient (Wildman–Crippen LogP) is 2.22. The Morgan fingerprint density at radius 3 is 2.44 bits per heavy atom. The van der Waals surface area contributed by atoms with Crippen LogP contribution >= 0.6 is 0 Å². The van der Waals surface area contributed by atoms with Crippen molar-refractivity contribution in [2.24, 2.45) is 0 Å². The Morgan fingerprint density at radius 1 is 1.28 bits per heavy atom. The zero-order valence-electron chi connectivity index (χ0n) is 11.8. The van der Waals surface area contributed by atoms with Crippen molar-refractivity contribution < 1.29 is 14.6 Å². The van der Waals surface area contributed by atoms with Gasteiger partial charge < -0.3 is 19.5 Å². The summed E-state index contributed by atoms with van der Waals surface area (Å²) in [7, 11) is 5.29. The highest BCUT2D eigenvalue weighted by atomic mass is 16.5. The number of hydrogen-bond acceptors (Lipinski definition) is 4. The van der Waals surface area contributed by atoms with Gasteiger partial charge in [0.25, 0.3) is 0 Å². The molecule has 2 unspecified atom stereocenters. The van der Waals surface area contributed by atoms with Gasteiger partial charge in [-0.05, 0) is 26.0 Å². The molecule has 1 aromatic rings. The summed E-state index contributed by atoms with van der Waals surface area (Å²) in [5, 5.41) is 9.92. The van der Waals surface area contributed by atoms with E-state index in [0.29, 0.717) is 5.75 Å². The van der Waals surface area contributed by atoms with Crippen LogP contribution in [0.3, 0.4) is 0 Å². The Hall–Kier alpha value is -1.26. The van der Waals surface area contributed by atoms with Gasteiger partial charge in [-0.3, -0.25) is 0 Å². The first-order chi connectivity index (χ1) is 8.51. The minimum absolute atomic E-state index is 0.128. The summed E-state index contributed by atoms with van der Waals surface area (Å²) in [6.07, 6.45) is -0.445. The first kappa shape index (κ1) is 14.8. The average Bonchev–Trinajstić information content (AvgIpc) is 2.37. The van der Waals surface area contributed by atoms with Gasteiger partial charge in [0.05, 0.1) is 19.3 Å². The van der Waals surface area contributed by atoms with E-state index < -0.39 is 6.10 Å². The Kier molecular flexibility index (Phi) is 5.44. The summed E-state index contributed by atoms with van der Waals surface area (Å²) in [4.78, 5) is 2.07. The molecule has 0 aliphatic heterocycles. The number of aliphatic hydroxyl groups is 1. The summed E-state index contributed by atoms with van der Waals surface area (Å²) >= 11 is 0. The van der Waals surface area contributed by atoms with Crippen molar-refractivity contribution in [3.05, 3.63) is 23.8 Å². The van der Waals surface area contributed by atoms with Crippen LogP contribution in [0.2, 0.25) is 0 Å². The summed E-state index contributed by atoms with van der Waals surface area (Å²) in [6, 6.07) is 5.76. The number of aliphatic hydroxyl groups excluding tert-OH is 1. The lowest BCUT2D eigenvalue weighted by Gasteiger charge is -2.27. The van der Waals surface area contributed by atoms with Gasteiger partial charge in [-0.15, -0.1) is 0 Å². The number of rotatable bonds is 6. The molecule has 1 rings (SSSR count). The molecule has 4 nitrogen and oxygen atoms in total. The second kappa shape index (κ2) is 6.61. The lowest BCUT2D eigenvalue weighted by Crippen LogP contribution is -2.29. The SMILES string of the molecule is COc1cccc(N(C)CC(C)OC)c1C(C)O. The van der Waals surface area contributed by atoms with Gasteiger partial charge in [-0.1, -0.05) is 6.07 Å². The number of anilines is 1. The molecule has 1 N–H and O–H groups in total. The van der Waals surface area contributed by atoms with Crippen LogP contribution in [-0.4, -0.2) is 39.0 Å². The van der Waals surface area contributed by atoms with Crippen molar-refractivity contribution in [2.75, 3.05) is 32.7 Å². The maximum absolute atomic E-state index is 9.92. The van der Waals surface area contributed by atoms with Crippen molar-refractivity contribution in [3.8, 4) is 5.75 Å². The summed E-state index contributed by atoms with van der Waals surface area (Å²) in [5.74, 6) is 0.708. The molecule has 102 valence electrons. The standard InChI is InChI=1S/C14H23NO3/c1-10(17-4)9-15(3)12-7-6-8-13(18-5)14(12)11(2)16/h6-8,10-11,16H,9H2,1-5H3. The van der Waals surface area contributed by atoms with Crippen LogP contribution in [0.1, 0.15) is 25.5 Å². The zero-order chi connectivity index (χ0) is 13.7. The Labute approximate surface area is 109 Å². The van der Waals surface area contributed by atoms with Crippen molar-refractivity contribution >= 4 is 5.69 Å². The molecule has 0 aromatic heterocycles. The van der Waals surface area contributed by atoms with Crippen LogP contribution in [0.4, 0.5) is 5.69 Å². The average molecular weight is 253 g/mol. The van der Waals surface area contributed by atoms with E-state index in [1.807, 2.05) is 32.2 Å². The Bertz CT molecular complexity index is 379. The van der Waals surface area contributed by atoms with E-state index in [2.05, 4.69) is 4.90 Å². The molecule has 0 amide bonds. The molecule has 0 saturated carbocycles. The fraction of sp³-hybridized carbons (Fsp3) is 0.571. The van der Waals surface area contributed by atoms with Gasteiger partial charge in [0.1, 0.15) is 5.75 Å². The van der Waals surface area contributed by atoms with Gasteiger partial charge in [0.15, 0.2) is 0 Å². The predicted molar refractivity (Wildman–Crippen MR) is 73.4 cm³/mol. The second-order valence-electron chi connectivity index (χ2n) is 4.50. The maximum atomic E-state index is 9.92. The van der Waals surface area contributed by atoms with Gasteiger partial charge >= 0.3 is 0 Å². The van der Waals surface area contributed by atoms with Crippen molar-refractivity contribution in [3.63, 3.8) is 0 Å². The minimum Gasteiger partial charge on any atom is -0.496 e. The van der Waals surface area contributed by atoms with Gasteiger partial charge in [-0.2, -0.15) is 0 Å². The number of ether oxygens (including phenoxy) is 2. The van der Waals surface area contributed by atoms with Crippen molar-refractivity contribution in [2.45, 2.75) is 26.1 Å². The highest BCUT2D eigenvalue weighted by Gasteiger charge is 2.17. The molecule has 0 spiro atoms. The van der Waals surface area contributed by atoms with Crippen LogP contribution < -0.4 is 9.64 Å². The molecule has 18 heavy (non-hydrogen) atoms. The third-order valence-electron chi connectivity index (χ3n) is 3.03. The highest BCUT2D eigenvalue weighted by Crippen LogP contribution is 2.34. The topological polar surface area (TPSA) is 41.9 Å². The molecule has 0 radical (unpaired) electrons. The first-order valence-corrected chi connectivity index (χ1v) is 6.10. The first-order valence-electron chi connectivity index (χ1n) is 6.10. The molecule has 1 aromatic carbocycles. The summed E-state index contributed by atoms with van der Waals surface area (Å²) in [5.41, 5.74) is 1.78. The number of likely N-dealkylation sites (N-methyl/N-ethyl adjacent to an activating group) is 1.